The topological polar surface area (TPSA) is 372 Å². The lowest BCUT2D eigenvalue weighted by molar-refractivity contribution is -0.152. The van der Waals surface area contributed by atoms with Gasteiger partial charge in [-0.2, -0.15) is 0 Å². The number of thioether (sulfide) groups is 2. The molecule has 0 aromatic rings. The van der Waals surface area contributed by atoms with E-state index in [-0.39, 0.29) is 112 Å². The number of ether oxygens (including phenoxy) is 4. The van der Waals surface area contributed by atoms with Crippen molar-refractivity contribution >= 4 is 106 Å². The van der Waals surface area contributed by atoms with Crippen molar-refractivity contribution in [1.82, 2.24) is 42.5 Å². The molecule has 0 aliphatic carbocycles. The van der Waals surface area contributed by atoms with Crippen LogP contribution in [-0.2, 0) is 86.1 Å². The first kappa shape index (κ1) is 104. The summed E-state index contributed by atoms with van der Waals surface area (Å²) >= 11 is 3.08. The predicted octanol–water partition coefficient (Wildman–Crippen LogP) is 6.21. The van der Waals surface area contributed by atoms with Gasteiger partial charge in [-0.3, -0.25) is 52.7 Å². The van der Waals surface area contributed by atoms with Gasteiger partial charge in [0.05, 0.1) is 52.3 Å². The van der Waals surface area contributed by atoms with E-state index in [9.17, 15) is 67.1 Å². The normalized spacial score (nSPS) is 10.9. The fraction of sp³-hybridized carbons (Fsp3) is 0.588. The molecule has 28 heteroatoms. The number of likely N-dealkylation sites (N-methyl/N-ethyl adjacent to an activating group) is 2. The Morgan fingerprint density at radius 3 is 1.07 bits per heavy atom. The van der Waals surface area contributed by atoms with Crippen LogP contribution in [0.1, 0.15) is 130 Å². The fourth-order valence-corrected chi connectivity index (χ4v) is 7.09. The number of hydrogen-bond donors (Lipinski definition) is 8. The van der Waals surface area contributed by atoms with Gasteiger partial charge in [0.15, 0.2) is 0 Å². The number of Topliss-reactive ketones (excluding diaryl/α,β-unsaturated/α-hetero) is 2. The first-order valence-corrected chi connectivity index (χ1v) is 32.8. The molecular weight excluding hydrogens is 1280 g/mol. The Balaban J connectivity index is -0.000000156. The van der Waals surface area contributed by atoms with E-state index in [1.54, 1.807) is 137 Å². The average molecular weight is 1400 g/mol. The molecule has 0 aliphatic rings. The molecule has 0 aromatic carbocycles. The van der Waals surface area contributed by atoms with Crippen LogP contribution in [-0.4, -0.2) is 187 Å². The van der Waals surface area contributed by atoms with Gasteiger partial charge in [-0.05, 0) is 98.8 Å². The van der Waals surface area contributed by atoms with Crippen molar-refractivity contribution in [2.75, 3.05) is 93.3 Å². The molecule has 8 amide bonds. The molecule has 8 N–H and O–H groups in total. The van der Waals surface area contributed by atoms with E-state index in [1.165, 1.54) is 23.9 Å². The summed E-state index contributed by atoms with van der Waals surface area (Å²) in [5.41, 5.74) is 0.255. The standard InChI is InChI=1S/C11H19NO3S.C11H20O3.C10H17NO3S.C10H16O3.C9H16N2O2.C8H14N2O2.C5H9NO.C4H7NO/c1-8(2)11(14)15-6-5-7-16-9(3)10(13)12-4;1-6-9(12)11(4,5)7-14-10(13)8(2)3;1-4-9(12)14-6-5-7-15-8(2)10(13)11-3;1-5-8(11)10(3,4)7-13-9(12)6-2;1-6(2)8(12)11-5-7(3)9(13)10-4;1-4-7(11)10-5-6(2)8(12)9-3;1-4(2)5(7)6-3;1-3-4(6)5-2/h9H,1,5-7H2,2-4H3,(H,12,13);8H,6-7H2,1-5H3;4,8H,1,5-7H2,2-3H3,(H,11,13);6H,2,5,7H2,1,3-4H3;7H,1,5H2,2-4H3,(H,10,13)(H,11,12);4,6H,1,5H2,2-3H3,(H,9,12)(H,10,11);1H2,2-3H3,(H,6,7);3H,1H2,2H3,(H,5,6). The minimum atomic E-state index is -0.590. The number of amides is 8. The van der Waals surface area contributed by atoms with Gasteiger partial charge >= 0.3 is 23.9 Å². The lowest BCUT2D eigenvalue weighted by Gasteiger charge is -2.22. The summed E-state index contributed by atoms with van der Waals surface area (Å²) in [6.07, 6.45) is 7.05. The number of rotatable bonds is 34. The summed E-state index contributed by atoms with van der Waals surface area (Å²) in [5.74, 6) is -1.11. The minimum absolute atomic E-state index is 0.0167. The highest BCUT2D eigenvalue weighted by atomic mass is 32.2. The fourth-order valence-electron chi connectivity index (χ4n) is 5.28. The van der Waals surface area contributed by atoms with E-state index in [2.05, 4.69) is 88.6 Å². The van der Waals surface area contributed by atoms with E-state index in [0.717, 1.165) is 36.5 Å². The average Bonchev–Trinajstić information content (AvgIpc) is 0.985. The van der Waals surface area contributed by atoms with Crippen molar-refractivity contribution in [3.05, 3.63) is 87.1 Å². The number of carbonyl (C=O) groups is 14. The van der Waals surface area contributed by atoms with E-state index in [4.69, 9.17) is 18.9 Å². The van der Waals surface area contributed by atoms with Crippen LogP contribution in [0.2, 0.25) is 0 Å². The number of hydrogen-bond acceptors (Lipinski definition) is 20. The van der Waals surface area contributed by atoms with Gasteiger partial charge in [0, 0.05) is 97.1 Å². The van der Waals surface area contributed by atoms with Crippen molar-refractivity contribution in [2.24, 2.45) is 28.6 Å². The van der Waals surface area contributed by atoms with Crippen molar-refractivity contribution in [3.8, 4) is 0 Å². The first-order valence-electron chi connectivity index (χ1n) is 30.7. The van der Waals surface area contributed by atoms with Crippen LogP contribution >= 0.6 is 23.5 Å². The van der Waals surface area contributed by atoms with Crippen LogP contribution in [0.3, 0.4) is 0 Å². The maximum Gasteiger partial charge on any atom is 0.333 e. The number of ketones is 2. The molecule has 0 aromatic heterocycles. The van der Waals surface area contributed by atoms with Gasteiger partial charge in [0.2, 0.25) is 47.3 Å². The molecule has 4 atom stereocenters. The predicted molar refractivity (Wildman–Crippen MR) is 384 cm³/mol. The summed E-state index contributed by atoms with van der Waals surface area (Å²) < 4.78 is 19.5. The smallest absolute Gasteiger partial charge is 0.333 e. The molecule has 0 heterocycles. The third-order valence-corrected chi connectivity index (χ3v) is 14.1. The number of carbonyl (C=O) groups excluding carboxylic acids is 14. The van der Waals surface area contributed by atoms with Crippen LogP contribution in [0.15, 0.2) is 87.1 Å². The molecule has 26 nitrogen and oxygen atoms in total. The molecule has 0 rings (SSSR count). The Labute approximate surface area is 581 Å². The molecule has 4 unspecified atom stereocenters. The molecule has 550 valence electrons. The maximum absolute atomic E-state index is 11.4. The van der Waals surface area contributed by atoms with E-state index in [1.807, 2.05) is 20.8 Å². The van der Waals surface area contributed by atoms with Crippen LogP contribution < -0.4 is 42.5 Å². The maximum atomic E-state index is 11.4. The minimum Gasteiger partial charge on any atom is -0.464 e. The largest absolute Gasteiger partial charge is 0.464 e. The second-order valence-electron chi connectivity index (χ2n) is 21.8. The number of esters is 4. The zero-order valence-corrected chi connectivity index (χ0v) is 62.9. The van der Waals surface area contributed by atoms with E-state index >= 15 is 0 Å². The molecule has 0 fully saturated rings. The van der Waals surface area contributed by atoms with E-state index < -0.39 is 22.8 Å². The second-order valence-corrected chi connectivity index (χ2v) is 24.7. The summed E-state index contributed by atoms with van der Waals surface area (Å²) in [6, 6.07) is 0. The lowest BCUT2D eigenvalue weighted by atomic mass is 9.88. The monoisotopic (exact) mass is 1400 g/mol. The molecule has 0 radical (unpaired) electrons. The third kappa shape index (κ3) is 64.6. The van der Waals surface area contributed by atoms with Crippen LogP contribution in [0.25, 0.3) is 0 Å². The van der Waals surface area contributed by atoms with Crippen molar-refractivity contribution < 1.29 is 86.1 Å². The molecule has 0 saturated carbocycles. The highest BCUT2D eigenvalue weighted by Gasteiger charge is 2.29. The zero-order valence-electron chi connectivity index (χ0n) is 61.3. The van der Waals surface area contributed by atoms with Gasteiger partial charge in [-0.25, -0.2) is 14.4 Å². The summed E-state index contributed by atoms with van der Waals surface area (Å²) in [6.45, 7) is 51.5. The summed E-state index contributed by atoms with van der Waals surface area (Å²) in [7, 11) is 9.51. The molecule has 0 aliphatic heterocycles. The van der Waals surface area contributed by atoms with Gasteiger partial charge in [0.25, 0.3) is 0 Å². The van der Waals surface area contributed by atoms with E-state index in [0.29, 0.717) is 55.9 Å². The Morgan fingerprint density at radius 1 is 0.438 bits per heavy atom. The lowest BCUT2D eigenvalue weighted by Crippen LogP contribution is -2.36. The van der Waals surface area contributed by atoms with Crippen molar-refractivity contribution in [1.29, 1.82) is 0 Å². The SMILES string of the molecule is C=C(C)C(=O)NC.C=C(C)C(=O)NCC(C)C(=O)NC.C=C(C)C(=O)OCCCSC(C)C(=O)NC.C=CC(=O)NC.C=CC(=O)NCC(C)C(=O)NC.C=CC(=O)OCC(C)(C)C(=O)CC.C=CC(=O)OCCCSC(C)C(=O)NC.CCC(=O)C(C)(C)COC(=O)C(C)C. The molecule has 96 heavy (non-hydrogen) atoms. The van der Waals surface area contributed by atoms with Gasteiger partial charge < -0.3 is 61.5 Å². The number of nitrogens with one attached hydrogen (secondary N) is 8. The Hall–Kier alpha value is -8.14. The van der Waals surface area contributed by atoms with Crippen molar-refractivity contribution in [3.63, 3.8) is 0 Å². The summed E-state index contributed by atoms with van der Waals surface area (Å²) in [5, 5.41) is 19.9. The highest BCUT2D eigenvalue weighted by molar-refractivity contribution is 8.00. The van der Waals surface area contributed by atoms with Crippen LogP contribution in [0, 0.1) is 28.6 Å². The van der Waals surface area contributed by atoms with Crippen LogP contribution in [0.5, 0.6) is 0 Å². The third-order valence-electron chi connectivity index (χ3n) is 11.6. The first-order chi connectivity index (χ1) is 44.4. The zero-order chi connectivity index (χ0) is 76.9. The second kappa shape index (κ2) is 64.2. The van der Waals surface area contributed by atoms with Gasteiger partial charge in [0.1, 0.15) is 24.8 Å². The molecule has 0 bridgehead atoms. The highest BCUT2D eigenvalue weighted by Crippen LogP contribution is 2.20. The molecular formula is C68H118N8O18S2. The van der Waals surface area contributed by atoms with Gasteiger partial charge in [-0.15, -0.1) is 23.5 Å². The summed E-state index contributed by atoms with van der Waals surface area (Å²) in [4.78, 5) is 152. The Kier molecular flexibility index (Phi) is 69.5. The Morgan fingerprint density at radius 2 is 0.792 bits per heavy atom. The molecule has 0 spiro atoms. The quantitative estimate of drug-likeness (QED) is 0.0154. The molecule has 0 saturated heterocycles. The Bertz CT molecular complexity index is 2500. The van der Waals surface area contributed by atoms with Gasteiger partial charge in [-0.1, -0.05) is 87.6 Å². The van der Waals surface area contributed by atoms with Crippen molar-refractivity contribution in [2.45, 2.75) is 140 Å². The van der Waals surface area contributed by atoms with Crippen LogP contribution in [0.4, 0.5) is 0 Å².